The summed E-state index contributed by atoms with van der Waals surface area (Å²) in [6, 6.07) is 6.55. The molecule has 108 valence electrons. The number of rotatable bonds is 3. The van der Waals surface area contributed by atoms with Crippen LogP contribution in [0.4, 0.5) is 25.8 Å². The molecule has 0 aromatic heterocycles. The van der Waals surface area contributed by atoms with E-state index in [1.807, 2.05) is 0 Å². The van der Waals surface area contributed by atoms with E-state index < -0.39 is 28.2 Å². The maximum Gasteiger partial charge on any atom is 0.306 e. The number of hydrogen-bond donors (Lipinski definition) is 2. The van der Waals surface area contributed by atoms with Gasteiger partial charge in [0.05, 0.1) is 16.2 Å². The number of carbonyl (C=O) groups is 1. The molecule has 0 bridgehead atoms. The molecular formula is C13H9F2N3O3. The third-order valence-electron chi connectivity index (χ3n) is 2.70. The van der Waals surface area contributed by atoms with Crippen LogP contribution in [-0.4, -0.2) is 10.8 Å². The van der Waals surface area contributed by atoms with Gasteiger partial charge in [-0.2, -0.15) is 4.39 Å². The van der Waals surface area contributed by atoms with E-state index in [1.165, 1.54) is 12.1 Å². The normalized spacial score (nSPS) is 10.2. The molecule has 0 saturated heterocycles. The van der Waals surface area contributed by atoms with Gasteiger partial charge in [0.25, 0.3) is 5.91 Å². The molecule has 0 atom stereocenters. The second-order valence-corrected chi connectivity index (χ2v) is 4.08. The number of nitrogens with one attached hydrogen (secondary N) is 1. The minimum atomic E-state index is -1.02. The highest BCUT2D eigenvalue weighted by Crippen LogP contribution is 2.23. The number of para-hydroxylation sites is 1. The van der Waals surface area contributed by atoms with Crippen LogP contribution in [0.5, 0.6) is 0 Å². The number of halogens is 2. The lowest BCUT2D eigenvalue weighted by atomic mass is 10.1. The number of amides is 1. The minimum absolute atomic E-state index is 0.00300. The highest BCUT2D eigenvalue weighted by molar-refractivity contribution is 6.07. The number of carbonyl (C=O) groups excluding carboxylic acids is 1. The molecule has 1 amide bonds. The van der Waals surface area contributed by atoms with Gasteiger partial charge in [-0.25, -0.2) is 4.39 Å². The van der Waals surface area contributed by atoms with Crippen LogP contribution in [-0.2, 0) is 0 Å². The maximum atomic E-state index is 13.3. The molecule has 2 aromatic carbocycles. The average molecular weight is 293 g/mol. The average Bonchev–Trinajstić information content (AvgIpc) is 2.43. The van der Waals surface area contributed by atoms with E-state index in [0.717, 1.165) is 24.3 Å². The lowest BCUT2D eigenvalue weighted by Crippen LogP contribution is -2.15. The van der Waals surface area contributed by atoms with Gasteiger partial charge in [-0.05, 0) is 24.3 Å². The van der Waals surface area contributed by atoms with E-state index in [-0.39, 0.29) is 16.9 Å². The molecule has 0 unspecified atom stereocenters. The summed E-state index contributed by atoms with van der Waals surface area (Å²) in [5.41, 5.74) is 4.19. The Bertz CT molecular complexity index is 735. The Morgan fingerprint density at radius 3 is 2.57 bits per heavy atom. The van der Waals surface area contributed by atoms with E-state index >= 15 is 0 Å². The van der Waals surface area contributed by atoms with E-state index in [9.17, 15) is 23.7 Å². The molecule has 0 fully saturated rings. The fraction of sp³-hybridized carbons (Fsp3) is 0. The van der Waals surface area contributed by atoms with Crippen molar-refractivity contribution in [2.45, 2.75) is 0 Å². The topological polar surface area (TPSA) is 98.3 Å². The Morgan fingerprint density at radius 2 is 1.90 bits per heavy atom. The van der Waals surface area contributed by atoms with Crippen molar-refractivity contribution < 1.29 is 18.5 Å². The van der Waals surface area contributed by atoms with Crippen LogP contribution in [0.2, 0.25) is 0 Å². The number of nitrogens with zero attached hydrogens (tertiary/aromatic N) is 1. The van der Waals surface area contributed by atoms with Crippen LogP contribution in [0.25, 0.3) is 0 Å². The summed E-state index contributed by atoms with van der Waals surface area (Å²) >= 11 is 0. The molecule has 0 aliphatic rings. The lowest BCUT2D eigenvalue weighted by molar-refractivity contribution is -0.387. The number of nitro groups is 1. The quantitative estimate of drug-likeness (QED) is 0.516. The first-order valence-corrected chi connectivity index (χ1v) is 5.69. The van der Waals surface area contributed by atoms with Gasteiger partial charge < -0.3 is 11.1 Å². The fourth-order valence-corrected chi connectivity index (χ4v) is 1.66. The minimum Gasteiger partial charge on any atom is -0.396 e. The lowest BCUT2D eigenvalue weighted by Gasteiger charge is -2.08. The molecule has 0 radical (unpaired) electrons. The Balaban J connectivity index is 2.30. The molecule has 8 heteroatoms. The van der Waals surface area contributed by atoms with Crippen molar-refractivity contribution in [2.24, 2.45) is 0 Å². The van der Waals surface area contributed by atoms with E-state index in [1.54, 1.807) is 0 Å². The summed E-state index contributed by atoms with van der Waals surface area (Å²) < 4.78 is 26.4. The zero-order valence-corrected chi connectivity index (χ0v) is 10.5. The third-order valence-corrected chi connectivity index (χ3v) is 2.70. The number of nitro benzene ring substituents is 1. The summed E-state index contributed by atoms with van der Waals surface area (Å²) in [7, 11) is 0. The molecule has 21 heavy (non-hydrogen) atoms. The Hall–Kier alpha value is -3.03. The zero-order valence-electron chi connectivity index (χ0n) is 10.5. The Kier molecular flexibility index (Phi) is 3.79. The Morgan fingerprint density at radius 1 is 1.19 bits per heavy atom. The van der Waals surface area contributed by atoms with Crippen molar-refractivity contribution in [3.05, 3.63) is 63.7 Å². The first-order valence-electron chi connectivity index (χ1n) is 5.69. The predicted molar refractivity (Wildman–Crippen MR) is 71.8 cm³/mol. The van der Waals surface area contributed by atoms with Gasteiger partial charge in [0.2, 0.25) is 5.82 Å². The van der Waals surface area contributed by atoms with Crippen LogP contribution in [0.15, 0.2) is 36.4 Å². The molecular weight excluding hydrogens is 284 g/mol. The third kappa shape index (κ3) is 2.94. The van der Waals surface area contributed by atoms with Gasteiger partial charge in [0, 0.05) is 11.8 Å². The summed E-state index contributed by atoms with van der Waals surface area (Å²) in [5, 5.41) is 12.9. The maximum absolute atomic E-state index is 13.3. The molecule has 2 aromatic rings. The molecule has 0 aliphatic carbocycles. The van der Waals surface area contributed by atoms with Crippen LogP contribution < -0.4 is 11.1 Å². The summed E-state index contributed by atoms with van der Waals surface area (Å²) in [5.74, 6) is -2.54. The fourth-order valence-electron chi connectivity index (χ4n) is 1.66. The molecule has 6 nitrogen and oxygen atoms in total. The van der Waals surface area contributed by atoms with Crippen molar-refractivity contribution in [3.8, 4) is 0 Å². The largest absolute Gasteiger partial charge is 0.396 e. The number of nitrogen functional groups attached to an aromatic ring is 1. The highest BCUT2D eigenvalue weighted by Gasteiger charge is 2.17. The van der Waals surface area contributed by atoms with Crippen molar-refractivity contribution >= 4 is 23.0 Å². The van der Waals surface area contributed by atoms with Crippen molar-refractivity contribution in [3.63, 3.8) is 0 Å². The van der Waals surface area contributed by atoms with E-state index in [2.05, 4.69) is 5.32 Å². The molecule has 0 heterocycles. The summed E-state index contributed by atoms with van der Waals surface area (Å²) in [6.45, 7) is 0. The Labute approximate surface area is 117 Å². The van der Waals surface area contributed by atoms with Crippen LogP contribution in [0, 0.1) is 21.7 Å². The number of benzene rings is 2. The molecule has 0 spiro atoms. The molecule has 2 rings (SSSR count). The first-order chi connectivity index (χ1) is 9.90. The highest BCUT2D eigenvalue weighted by atomic mass is 19.1. The van der Waals surface area contributed by atoms with E-state index in [0.29, 0.717) is 0 Å². The van der Waals surface area contributed by atoms with Gasteiger partial charge in [-0.15, -0.1) is 0 Å². The smallest absolute Gasteiger partial charge is 0.306 e. The van der Waals surface area contributed by atoms with Gasteiger partial charge in [-0.1, -0.05) is 6.07 Å². The predicted octanol–water partition coefficient (Wildman–Crippen LogP) is 2.71. The van der Waals surface area contributed by atoms with Crippen molar-refractivity contribution in [2.75, 3.05) is 11.1 Å². The van der Waals surface area contributed by atoms with Crippen LogP contribution >= 0.6 is 0 Å². The van der Waals surface area contributed by atoms with Gasteiger partial charge in [-0.3, -0.25) is 14.9 Å². The van der Waals surface area contributed by atoms with Crippen molar-refractivity contribution in [1.82, 2.24) is 0 Å². The van der Waals surface area contributed by atoms with Crippen LogP contribution in [0.3, 0.4) is 0 Å². The van der Waals surface area contributed by atoms with Crippen molar-refractivity contribution in [1.29, 1.82) is 0 Å². The standard InChI is InChI=1S/C13H9F2N3O3/c14-9-5-4-7(6-11(9)18(20)21)17-13(19)8-2-1-3-10(15)12(8)16/h1-6H,16H2,(H,17,19). The summed E-state index contributed by atoms with van der Waals surface area (Å²) in [6.07, 6.45) is 0. The molecule has 3 N–H and O–H groups in total. The zero-order chi connectivity index (χ0) is 15.6. The number of anilines is 2. The van der Waals surface area contributed by atoms with E-state index in [4.69, 9.17) is 5.73 Å². The second kappa shape index (κ2) is 5.53. The second-order valence-electron chi connectivity index (χ2n) is 4.08. The SMILES string of the molecule is Nc1c(F)cccc1C(=O)Nc1ccc(F)c([N+](=O)[O-])c1. The monoisotopic (exact) mass is 293 g/mol. The van der Waals surface area contributed by atoms with Gasteiger partial charge in [0.15, 0.2) is 0 Å². The molecule has 0 saturated carbocycles. The number of nitrogens with two attached hydrogens (primary N) is 1. The first kappa shape index (κ1) is 14.4. The number of hydrogen-bond acceptors (Lipinski definition) is 4. The van der Waals surface area contributed by atoms with Gasteiger partial charge >= 0.3 is 5.69 Å². The summed E-state index contributed by atoms with van der Waals surface area (Å²) in [4.78, 5) is 21.6. The van der Waals surface area contributed by atoms with Gasteiger partial charge in [0.1, 0.15) is 5.82 Å². The molecule has 0 aliphatic heterocycles. The van der Waals surface area contributed by atoms with Crippen LogP contribution in [0.1, 0.15) is 10.4 Å².